The number of aromatic nitrogens is 2. The number of carboxylic acid groups (broad SMARTS) is 1. The highest BCUT2D eigenvalue weighted by Gasteiger charge is 2.35. The fraction of sp³-hybridized carbons (Fsp3) is 0.485. The number of para-hydroxylation sites is 1. The van der Waals surface area contributed by atoms with E-state index in [1.807, 2.05) is 83.3 Å². The molecule has 0 radical (unpaired) electrons. The SMILES string of the molecule is Cc1ncc(-c2ccc(OC[C@H](C)Oc3ccccc3)nc2)c(N2CCC(C)(C)CC2)c1[C@H](OC(C)(C)C)C(=O)O. The molecule has 8 heteroatoms. The third-order valence-corrected chi connectivity index (χ3v) is 7.27. The summed E-state index contributed by atoms with van der Waals surface area (Å²) in [4.78, 5) is 24.1. The molecule has 0 amide bonds. The Bertz CT molecular complexity index is 1310. The van der Waals surface area contributed by atoms with Gasteiger partial charge in [-0.05, 0) is 71.1 Å². The van der Waals surface area contributed by atoms with Gasteiger partial charge >= 0.3 is 5.97 Å². The molecule has 1 aromatic carbocycles. The molecule has 3 aromatic rings. The van der Waals surface area contributed by atoms with Crippen LogP contribution in [-0.4, -0.2) is 52.4 Å². The van der Waals surface area contributed by atoms with Crippen molar-refractivity contribution >= 4 is 11.7 Å². The van der Waals surface area contributed by atoms with Gasteiger partial charge in [-0.2, -0.15) is 0 Å². The summed E-state index contributed by atoms with van der Waals surface area (Å²) in [7, 11) is 0. The van der Waals surface area contributed by atoms with Crippen LogP contribution >= 0.6 is 0 Å². The van der Waals surface area contributed by atoms with Crippen LogP contribution in [0.25, 0.3) is 11.1 Å². The number of benzene rings is 1. The first-order chi connectivity index (χ1) is 19.3. The molecule has 3 heterocycles. The van der Waals surface area contributed by atoms with Crippen molar-refractivity contribution in [3.63, 3.8) is 0 Å². The highest BCUT2D eigenvalue weighted by molar-refractivity contribution is 5.86. The number of aryl methyl sites for hydroxylation is 1. The van der Waals surface area contributed by atoms with Gasteiger partial charge in [0.15, 0.2) is 6.10 Å². The van der Waals surface area contributed by atoms with Crippen LogP contribution in [0.4, 0.5) is 5.69 Å². The van der Waals surface area contributed by atoms with Crippen LogP contribution < -0.4 is 14.4 Å². The first-order valence-electron chi connectivity index (χ1n) is 14.3. The maximum atomic E-state index is 12.6. The maximum absolute atomic E-state index is 12.6. The minimum atomic E-state index is -1.16. The summed E-state index contributed by atoms with van der Waals surface area (Å²) in [5.41, 5.74) is 3.32. The monoisotopic (exact) mass is 561 g/mol. The molecule has 1 N–H and O–H groups in total. The van der Waals surface area contributed by atoms with Gasteiger partial charge in [0.2, 0.25) is 5.88 Å². The normalized spacial score (nSPS) is 16.6. The molecule has 0 aliphatic carbocycles. The molecule has 220 valence electrons. The van der Waals surface area contributed by atoms with E-state index in [2.05, 4.69) is 28.7 Å². The van der Waals surface area contributed by atoms with E-state index in [4.69, 9.17) is 14.2 Å². The summed E-state index contributed by atoms with van der Waals surface area (Å²) in [6.45, 7) is 15.9. The molecular weight excluding hydrogens is 518 g/mol. The highest BCUT2D eigenvalue weighted by Crippen LogP contribution is 2.43. The number of nitrogens with zero attached hydrogens (tertiary/aromatic N) is 3. The molecule has 8 nitrogen and oxygen atoms in total. The smallest absolute Gasteiger partial charge is 0.337 e. The molecule has 0 spiro atoms. The van der Waals surface area contributed by atoms with Gasteiger partial charge in [0, 0.05) is 53.9 Å². The first kappa shape index (κ1) is 30.3. The van der Waals surface area contributed by atoms with E-state index < -0.39 is 17.7 Å². The Labute approximate surface area is 243 Å². The summed E-state index contributed by atoms with van der Waals surface area (Å²) in [6.07, 6.45) is 4.25. The minimum absolute atomic E-state index is 0.159. The van der Waals surface area contributed by atoms with Gasteiger partial charge in [-0.15, -0.1) is 0 Å². The molecule has 2 aromatic heterocycles. The lowest BCUT2D eigenvalue weighted by molar-refractivity contribution is -0.160. The lowest BCUT2D eigenvalue weighted by atomic mass is 9.82. The number of hydrogen-bond acceptors (Lipinski definition) is 7. The molecule has 0 unspecified atom stereocenters. The molecule has 41 heavy (non-hydrogen) atoms. The van der Waals surface area contributed by atoms with Crippen molar-refractivity contribution < 1.29 is 24.1 Å². The second-order valence-corrected chi connectivity index (χ2v) is 12.6. The van der Waals surface area contributed by atoms with Crippen molar-refractivity contribution in [3.05, 3.63) is 66.1 Å². The molecule has 2 atom stereocenters. The Morgan fingerprint density at radius 1 is 1.05 bits per heavy atom. The standard InChI is InChI=1S/C33H43N3O5/c1-22(40-25-11-9-8-10-12-25)21-39-27-14-13-24(19-35-27)26-20-34-23(2)28(30(31(37)38)41-32(3,4)5)29(26)36-17-15-33(6,7)16-18-36/h8-14,19-20,22,30H,15-18,21H2,1-7H3,(H,37,38)/t22-,30-/m0/s1. The van der Waals surface area contributed by atoms with Gasteiger partial charge < -0.3 is 24.2 Å². The van der Waals surface area contributed by atoms with Crippen molar-refractivity contribution in [2.24, 2.45) is 5.41 Å². The number of anilines is 1. The van der Waals surface area contributed by atoms with Gasteiger partial charge in [-0.25, -0.2) is 9.78 Å². The number of ether oxygens (including phenoxy) is 3. The van der Waals surface area contributed by atoms with Crippen molar-refractivity contribution in [3.8, 4) is 22.8 Å². The number of carboxylic acids is 1. The highest BCUT2D eigenvalue weighted by atomic mass is 16.5. The summed E-state index contributed by atoms with van der Waals surface area (Å²) in [6, 6.07) is 13.4. The zero-order valence-electron chi connectivity index (χ0n) is 25.3. The van der Waals surface area contributed by atoms with Gasteiger partial charge in [0.05, 0.1) is 11.3 Å². The van der Waals surface area contributed by atoms with E-state index in [9.17, 15) is 9.90 Å². The molecule has 4 rings (SSSR count). The van der Waals surface area contributed by atoms with Gasteiger partial charge in [0.25, 0.3) is 0 Å². The fourth-order valence-electron chi connectivity index (χ4n) is 4.99. The fourth-order valence-corrected chi connectivity index (χ4v) is 4.99. The Balaban J connectivity index is 1.65. The quantitative estimate of drug-likeness (QED) is 0.287. The Kier molecular flexibility index (Phi) is 9.22. The Hall–Kier alpha value is -3.65. The number of rotatable bonds is 10. The lowest BCUT2D eigenvalue weighted by Gasteiger charge is -2.40. The van der Waals surface area contributed by atoms with E-state index in [1.165, 1.54) is 0 Å². The molecule has 1 fully saturated rings. The predicted molar refractivity (Wildman–Crippen MR) is 161 cm³/mol. The average molecular weight is 562 g/mol. The molecule has 0 bridgehead atoms. The van der Waals surface area contributed by atoms with Crippen LogP contribution in [0.1, 0.15) is 71.7 Å². The van der Waals surface area contributed by atoms with E-state index >= 15 is 0 Å². The van der Waals surface area contributed by atoms with E-state index in [-0.39, 0.29) is 11.5 Å². The zero-order chi connectivity index (χ0) is 29.8. The maximum Gasteiger partial charge on any atom is 0.337 e. The lowest BCUT2D eigenvalue weighted by Crippen LogP contribution is -2.39. The van der Waals surface area contributed by atoms with Crippen LogP contribution in [0.2, 0.25) is 0 Å². The van der Waals surface area contributed by atoms with E-state index in [1.54, 1.807) is 6.20 Å². The van der Waals surface area contributed by atoms with Crippen LogP contribution in [0.15, 0.2) is 54.9 Å². The topological polar surface area (TPSA) is 94.0 Å². The summed E-state index contributed by atoms with van der Waals surface area (Å²) in [5.74, 6) is 0.242. The van der Waals surface area contributed by atoms with Crippen molar-refractivity contribution in [1.82, 2.24) is 9.97 Å². The van der Waals surface area contributed by atoms with Gasteiger partial charge in [-0.3, -0.25) is 4.98 Å². The van der Waals surface area contributed by atoms with Crippen molar-refractivity contribution in [2.75, 3.05) is 24.6 Å². The molecule has 1 saturated heterocycles. The van der Waals surface area contributed by atoms with Crippen LogP contribution in [-0.2, 0) is 9.53 Å². The third kappa shape index (κ3) is 7.97. The molecule has 1 aliphatic heterocycles. The summed E-state index contributed by atoms with van der Waals surface area (Å²) >= 11 is 0. The minimum Gasteiger partial charge on any atom is -0.487 e. The van der Waals surface area contributed by atoms with Crippen LogP contribution in [0, 0.1) is 12.3 Å². The number of hydrogen-bond donors (Lipinski definition) is 1. The van der Waals surface area contributed by atoms with Crippen molar-refractivity contribution in [1.29, 1.82) is 0 Å². The van der Waals surface area contributed by atoms with Gasteiger partial charge in [0.1, 0.15) is 18.5 Å². The summed E-state index contributed by atoms with van der Waals surface area (Å²) in [5, 5.41) is 10.3. The molecule has 0 saturated carbocycles. The number of piperidine rings is 1. The van der Waals surface area contributed by atoms with E-state index in [0.29, 0.717) is 23.7 Å². The molecule has 1 aliphatic rings. The number of carbonyl (C=O) groups is 1. The Morgan fingerprint density at radius 2 is 1.73 bits per heavy atom. The first-order valence-corrected chi connectivity index (χ1v) is 14.3. The molecular formula is C33H43N3O5. The summed E-state index contributed by atoms with van der Waals surface area (Å²) < 4.78 is 17.9. The number of aliphatic carboxylic acids is 1. The predicted octanol–water partition coefficient (Wildman–Crippen LogP) is 6.87. The largest absolute Gasteiger partial charge is 0.487 e. The second kappa shape index (κ2) is 12.5. The zero-order valence-corrected chi connectivity index (χ0v) is 25.3. The van der Waals surface area contributed by atoms with Crippen LogP contribution in [0.5, 0.6) is 11.6 Å². The number of pyridine rings is 2. The van der Waals surface area contributed by atoms with Gasteiger partial charge in [-0.1, -0.05) is 32.0 Å². The second-order valence-electron chi connectivity index (χ2n) is 12.6. The van der Waals surface area contributed by atoms with Crippen molar-refractivity contribution in [2.45, 2.75) is 79.1 Å². The van der Waals surface area contributed by atoms with E-state index in [0.717, 1.165) is 48.5 Å². The third-order valence-electron chi connectivity index (χ3n) is 7.27. The average Bonchev–Trinajstić information content (AvgIpc) is 2.91. The Morgan fingerprint density at radius 3 is 2.32 bits per heavy atom. The van der Waals surface area contributed by atoms with Crippen LogP contribution in [0.3, 0.4) is 0 Å².